The van der Waals surface area contributed by atoms with Gasteiger partial charge in [-0.2, -0.15) is 0 Å². The minimum Gasteiger partial charge on any atom is -0.356 e. The van der Waals surface area contributed by atoms with E-state index in [0.29, 0.717) is 6.54 Å². The predicted octanol–water partition coefficient (Wildman–Crippen LogP) is 0.830. The van der Waals surface area contributed by atoms with E-state index >= 15 is 0 Å². The maximum absolute atomic E-state index is 11.5. The number of aromatic nitrogens is 3. The van der Waals surface area contributed by atoms with Gasteiger partial charge in [0.25, 0.3) is 0 Å². The van der Waals surface area contributed by atoms with Crippen molar-refractivity contribution in [3.8, 4) is 0 Å². The summed E-state index contributed by atoms with van der Waals surface area (Å²) in [5.74, 6) is 0.0843. The number of aryl methyl sites for hydroxylation is 1. The van der Waals surface area contributed by atoms with Gasteiger partial charge in [-0.15, -0.1) is 5.10 Å². The van der Waals surface area contributed by atoms with E-state index in [0.717, 1.165) is 13.0 Å². The van der Waals surface area contributed by atoms with E-state index in [9.17, 15) is 4.79 Å². The van der Waals surface area contributed by atoms with Crippen molar-refractivity contribution in [3.05, 3.63) is 12.4 Å². The van der Waals surface area contributed by atoms with Crippen molar-refractivity contribution >= 4 is 5.91 Å². The number of nitrogens with one attached hydrogen (secondary N) is 1. The van der Waals surface area contributed by atoms with Gasteiger partial charge in [-0.25, -0.2) is 0 Å². The van der Waals surface area contributed by atoms with Crippen LogP contribution in [0.15, 0.2) is 12.4 Å². The third kappa shape index (κ3) is 4.10. The highest BCUT2D eigenvalue weighted by molar-refractivity contribution is 5.81. The Kier molecular flexibility index (Phi) is 3.82. The normalized spacial score (nSPS) is 11.4. The molecule has 1 rings (SSSR count). The van der Waals surface area contributed by atoms with Gasteiger partial charge in [-0.3, -0.25) is 9.48 Å². The van der Waals surface area contributed by atoms with Gasteiger partial charge in [-0.1, -0.05) is 26.0 Å². The monoisotopic (exact) mass is 210 g/mol. The first-order chi connectivity index (χ1) is 7.00. The highest BCUT2D eigenvalue weighted by atomic mass is 16.2. The second kappa shape index (κ2) is 4.91. The van der Waals surface area contributed by atoms with Crippen LogP contribution >= 0.6 is 0 Å². The van der Waals surface area contributed by atoms with Gasteiger partial charge in [0.15, 0.2) is 0 Å². The summed E-state index contributed by atoms with van der Waals surface area (Å²) < 4.78 is 1.75. The average molecular weight is 210 g/mol. The molecule has 1 aromatic heterocycles. The second-order valence-corrected chi connectivity index (χ2v) is 4.53. The number of hydrogen-bond acceptors (Lipinski definition) is 3. The molecule has 0 aliphatic heterocycles. The molecule has 1 N–H and O–H groups in total. The van der Waals surface area contributed by atoms with Crippen LogP contribution in [0.4, 0.5) is 0 Å². The smallest absolute Gasteiger partial charge is 0.225 e. The van der Waals surface area contributed by atoms with Crippen molar-refractivity contribution < 1.29 is 4.79 Å². The Hall–Kier alpha value is -1.39. The van der Waals surface area contributed by atoms with Crippen LogP contribution in [0.3, 0.4) is 0 Å². The Bertz CT molecular complexity index is 300. The SMILES string of the molecule is CC(C)(C)C(=O)NCCCn1ccnn1. The maximum atomic E-state index is 11.5. The van der Waals surface area contributed by atoms with E-state index in [1.54, 1.807) is 10.9 Å². The predicted molar refractivity (Wildman–Crippen MR) is 57.1 cm³/mol. The Morgan fingerprint density at radius 2 is 2.20 bits per heavy atom. The summed E-state index contributed by atoms with van der Waals surface area (Å²) in [6.07, 6.45) is 4.32. The largest absolute Gasteiger partial charge is 0.356 e. The van der Waals surface area contributed by atoms with Gasteiger partial charge in [0.1, 0.15) is 0 Å². The zero-order chi connectivity index (χ0) is 11.3. The Labute approximate surface area is 89.9 Å². The number of carbonyl (C=O) groups excluding carboxylic acids is 1. The van der Waals surface area contributed by atoms with Gasteiger partial charge >= 0.3 is 0 Å². The molecule has 0 saturated carbocycles. The van der Waals surface area contributed by atoms with Crippen LogP contribution in [-0.4, -0.2) is 27.4 Å². The molecule has 0 aliphatic carbocycles. The molecule has 1 amide bonds. The lowest BCUT2D eigenvalue weighted by molar-refractivity contribution is -0.128. The zero-order valence-electron chi connectivity index (χ0n) is 9.53. The molecule has 0 bridgehead atoms. The van der Waals surface area contributed by atoms with E-state index in [-0.39, 0.29) is 11.3 Å². The number of carbonyl (C=O) groups is 1. The average Bonchev–Trinajstić information content (AvgIpc) is 2.63. The third-order valence-corrected chi connectivity index (χ3v) is 2.00. The van der Waals surface area contributed by atoms with Crippen LogP contribution in [0.2, 0.25) is 0 Å². The summed E-state index contributed by atoms with van der Waals surface area (Å²) in [6, 6.07) is 0. The first-order valence-electron chi connectivity index (χ1n) is 5.12. The van der Waals surface area contributed by atoms with Gasteiger partial charge in [-0.05, 0) is 6.42 Å². The molecule has 84 valence electrons. The highest BCUT2D eigenvalue weighted by Gasteiger charge is 2.19. The van der Waals surface area contributed by atoms with Crippen molar-refractivity contribution in [1.29, 1.82) is 0 Å². The molecule has 5 heteroatoms. The van der Waals surface area contributed by atoms with E-state index in [1.165, 1.54) is 0 Å². The molecule has 1 heterocycles. The molecule has 0 spiro atoms. The van der Waals surface area contributed by atoms with Crippen LogP contribution in [0.25, 0.3) is 0 Å². The summed E-state index contributed by atoms with van der Waals surface area (Å²) in [5, 5.41) is 10.4. The Morgan fingerprint density at radius 1 is 1.47 bits per heavy atom. The van der Waals surface area contributed by atoms with Gasteiger partial charge in [0.2, 0.25) is 5.91 Å². The van der Waals surface area contributed by atoms with Crippen molar-refractivity contribution in [2.24, 2.45) is 5.41 Å². The van der Waals surface area contributed by atoms with Crippen molar-refractivity contribution in [3.63, 3.8) is 0 Å². The van der Waals surface area contributed by atoms with Gasteiger partial charge in [0.05, 0.1) is 6.20 Å². The van der Waals surface area contributed by atoms with Crippen LogP contribution in [0, 0.1) is 5.41 Å². The number of nitrogens with zero attached hydrogens (tertiary/aromatic N) is 3. The minimum absolute atomic E-state index is 0.0843. The van der Waals surface area contributed by atoms with Crippen LogP contribution in [0.1, 0.15) is 27.2 Å². The van der Waals surface area contributed by atoms with Crippen molar-refractivity contribution in [2.45, 2.75) is 33.7 Å². The fourth-order valence-electron chi connectivity index (χ4n) is 1.06. The van der Waals surface area contributed by atoms with Gasteiger partial charge < -0.3 is 5.32 Å². The molecule has 0 atom stereocenters. The third-order valence-electron chi connectivity index (χ3n) is 2.00. The summed E-state index contributed by atoms with van der Waals surface area (Å²) in [7, 11) is 0. The van der Waals surface area contributed by atoms with E-state index in [4.69, 9.17) is 0 Å². The standard InChI is InChI=1S/C10H18N4O/c1-10(2,3)9(15)11-5-4-7-14-8-6-12-13-14/h6,8H,4-5,7H2,1-3H3,(H,11,15). The zero-order valence-corrected chi connectivity index (χ0v) is 9.53. The molecule has 0 saturated heterocycles. The first-order valence-corrected chi connectivity index (χ1v) is 5.12. The number of rotatable bonds is 4. The molecular formula is C10H18N4O. The molecule has 0 fully saturated rings. The molecule has 15 heavy (non-hydrogen) atoms. The summed E-state index contributed by atoms with van der Waals surface area (Å²) in [5.41, 5.74) is -0.312. The van der Waals surface area contributed by atoms with Crippen LogP contribution in [-0.2, 0) is 11.3 Å². The Morgan fingerprint density at radius 3 is 2.73 bits per heavy atom. The minimum atomic E-state index is -0.312. The number of hydrogen-bond donors (Lipinski definition) is 1. The number of amides is 1. The first kappa shape index (κ1) is 11.7. The maximum Gasteiger partial charge on any atom is 0.225 e. The van der Waals surface area contributed by atoms with Crippen molar-refractivity contribution in [2.75, 3.05) is 6.54 Å². The quantitative estimate of drug-likeness (QED) is 0.749. The molecule has 0 radical (unpaired) electrons. The lowest BCUT2D eigenvalue weighted by atomic mass is 9.96. The highest BCUT2D eigenvalue weighted by Crippen LogP contribution is 2.11. The lowest BCUT2D eigenvalue weighted by Gasteiger charge is -2.17. The molecule has 0 aliphatic rings. The molecular weight excluding hydrogens is 192 g/mol. The fourth-order valence-corrected chi connectivity index (χ4v) is 1.06. The second-order valence-electron chi connectivity index (χ2n) is 4.53. The summed E-state index contributed by atoms with van der Waals surface area (Å²) in [4.78, 5) is 11.5. The topological polar surface area (TPSA) is 59.8 Å². The van der Waals surface area contributed by atoms with E-state index in [1.807, 2.05) is 27.0 Å². The summed E-state index contributed by atoms with van der Waals surface area (Å²) >= 11 is 0. The lowest BCUT2D eigenvalue weighted by Crippen LogP contribution is -2.35. The van der Waals surface area contributed by atoms with Crippen LogP contribution in [0.5, 0.6) is 0 Å². The Balaban J connectivity index is 2.15. The molecule has 0 unspecified atom stereocenters. The summed E-state index contributed by atoms with van der Waals surface area (Å²) in [6.45, 7) is 7.17. The van der Waals surface area contributed by atoms with Crippen LogP contribution < -0.4 is 5.32 Å². The molecule has 1 aromatic rings. The fraction of sp³-hybridized carbons (Fsp3) is 0.700. The van der Waals surface area contributed by atoms with E-state index < -0.39 is 0 Å². The van der Waals surface area contributed by atoms with Crippen molar-refractivity contribution in [1.82, 2.24) is 20.3 Å². The molecule has 0 aromatic carbocycles. The van der Waals surface area contributed by atoms with Gasteiger partial charge in [0, 0.05) is 24.7 Å². The molecule has 5 nitrogen and oxygen atoms in total. The van der Waals surface area contributed by atoms with E-state index in [2.05, 4.69) is 15.6 Å².